The highest BCUT2D eigenvalue weighted by atomic mass is 16.1. The van der Waals surface area contributed by atoms with Gasteiger partial charge >= 0.3 is 0 Å². The molecule has 1 aliphatic carbocycles. The summed E-state index contributed by atoms with van der Waals surface area (Å²) < 4.78 is 1.84. The summed E-state index contributed by atoms with van der Waals surface area (Å²) in [5.74, 6) is 0.00446. The number of nitrogens with zero attached hydrogens (tertiary/aromatic N) is 2. The van der Waals surface area contributed by atoms with Gasteiger partial charge in [-0.25, -0.2) is 0 Å². The molecule has 0 atom stereocenters. The molecule has 5 nitrogen and oxygen atoms in total. The molecule has 0 spiro atoms. The first kappa shape index (κ1) is 12.9. The Balaban J connectivity index is 1.63. The number of hydrogen-bond donors (Lipinski definition) is 2. The van der Waals surface area contributed by atoms with Gasteiger partial charge in [0.1, 0.15) is 0 Å². The van der Waals surface area contributed by atoms with Crippen LogP contribution in [0, 0.1) is 0 Å². The monoisotopic (exact) mass is 270 g/mol. The highest BCUT2D eigenvalue weighted by Gasteiger charge is 2.21. The topological polar surface area (TPSA) is 59.0 Å². The lowest BCUT2D eigenvalue weighted by atomic mass is 10.1. The molecular formula is C15H18N4O. The van der Waals surface area contributed by atoms with Crippen molar-refractivity contribution < 1.29 is 4.79 Å². The molecule has 1 saturated carbocycles. The smallest absolute Gasteiger partial charge is 0.238 e. The number of benzene rings is 1. The minimum atomic E-state index is 0.00446. The third kappa shape index (κ3) is 3.45. The fraction of sp³-hybridized carbons (Fsp3) is 0.333. The van der Waals surface area contributed by atoms with Crippen molar-refractivity contribution in [3.63, 3.8) is 0 Å². The molecule has 0 bridgehead atoms. The van der Waals surface area contributed by atoms with E-state index in [1.54, 1.807) is 6.20 Å². The van der Waals surface area contributed by atoms with Crippen molar-refractivity contribution in [2.45, 2.75) is 25.4 Å². The average molecular weight is 270 g/mol. The van der Waals surface area contributed by atoms with Crippen molar-refractivity contribution in [3.8, 4) is 0 Å². The van der Waals surface area contributed by atoms with E-state index in [4.69, 9.17) is 0 Å². The Morgan fingerprint density at radius 3 is 2.90 bits per heavy atom. The van der Waals surface area contributed by atoms with Crippen molar-refractivity contribution in [3.05, 3.63) is 48.3 Å². The highest BCUT2D eigenvalue weighted by molar-refractivity contribution is 5.93. The first-order valence-electron chi connectivity index (χ1n) is 6.90. The van der Waals surface area contributed by atoms with Gasteiger partial charge in [-0.05, 0) is 30.5 Å². The number of carbonyl (C=O) groups is 1. The van der Waals surface area contributed by atoms with Gasteiger partial charge < -0.3 is 10.6 Å². The van der Waals surface area contributed by atoms with E-state index >= 15 is 0 Å². The molecule has 1 fully saturated rings. The van der Waals surface area contributed by atoms with E-state index in [1.165, 1.54) is 12.8 Å². The maximum Gasteiger partial charge on any atom is 0.238 e. The second-order valence-electron chi connectivity index (χ2n) is 5.06. The van der Waals surface area contributed by atoms with Crippen LogP contribution in [0.3, 0.4) is 0 Å². The molecule has 1 aromatic carbocycles. The minimum Gasteiger partial charge on any atom is -0.325 e. The SMILES string of the molecule is O=C(CNC1CC1)Nc1ccccc1Cn1cccn1. The Bertz CT molecular complexity index is 575. The molecule has 104 valence electrons. The zero-order valence-corrected chi connectivity index (χ0v) is 11.2. The van der Waals surface area contributed by atoms with Crippen molar-refractivity contribution >= 4 is 11.6 Å². The first-order valence-corrected chi connectivity index (χ1v) is 6.90. The largest absolute Gasteiger partial charge is 0.325 e. The molecular weight excluding hydrogens is 252 g/mol. The van der Waals surface area contributed by atoms with Crippen LogP contribution < -0.4 is 10.6 Å². The molecule has 1 amide bonds. The number of aromatic nitrogens is 2. The Morgan fingerprint density at radius 2 is 2.15 bits per heavy atom. The van der Waals surface area contributed by atoms with Crippen LogP contribution in [0.15, 0.2) is 42.7 Å². The van der Waals surface area contributed by atoms with Crippen LogP contribution in [0.25, 0.3) is 0 Å². The predicted octanol–water partition coefficient (Wildman–Crippen LogP) is 1.62. The second kappa shape index (κ2) is 5.88. The van der Waals surface area contributed by atoms with Gasteiger partial charge in [-0.1, -0.05) is 18.2 Å². The summed E-state index contributed by atoms with van der Waals surface area (Å²) >= 11 is 0. The van der Waals surface area contributed by atoms with Gasteiger partial charge in [-0.2, -0.15) is 5.10 Å². The van der Waals surface area contributed by atoms with Gasteiger partial charge in [0.2, 0.25) is 5.91 Å². The summed E-state index contributed by atoms with van der Waals surface area (Å²) in [6.45, 7) is 1.03. The Kier molecular flexibility index (Phi) is 3.78. The lowest BCUT2D eigenvalue weighted by molar-refractivity contribution is -0.115. The molecule has 0 radical (unpaired) electrons. The summed E-state index contributed by atoms with van der Waals surface area (Å²) in [6, 6.07) is 10.3. The lowest BCUT2D eigenvalue weighted by Gasteiger charge is -2.11. The van der Waals surface area contributed by atoms with Crippen molar-refractivity contribution in [1.82, 2.24) is 15.1 Å². The summed E-state index contributed by atoms with van der Waals surface area (Å²) in [4.78, 5) is 11.9. The Morgan fingerprint density at radius 1 is 1.30 bits per heavy atom. The van der Waals surface area contributed by atoms with Crippen LogP contribution in [0.1, 0.15) is 18.4 Å². The number of nitrogens with one attached hydrogen (secondary N) is 2. The zero-order chi connectivity index (χ0) is 13.8. The number of amides is 1. The van der Waals surface area contributed by atoms with Gasteiger partial charge in [-0.3, -0.25) is 9.48 Å². The number of anilines is 1. The highest BCUT2D eigenvalue weighted by Crippen LogP contribution is 2.19. The van der Waals surface area contributed by atoms with E-state index in [9.17, 15) is 4.79 Å². The van der Waals surface area contributed by atoms with Crippen LogP contribution in [0.2, 0.25) is 0 Å². The molecule has 0 unspecified atom stereocenters. The van der Waals surface area contributed by atoms with Crippen LogP contribution in [0.4, 0.5) is 5.69 Å². The van der Waals surface area contributed by atoms with E-state index in [-0.39, 0.29) is 5.91 Å². The summed E-state index contributed by atoms with van der Waals surface area (Å²) in [5.41, 5.74) is 1.90. The maximum atomic E-state index is 11.9. The van der Waals surface area contributed by atoms with Gasteiger partial charge in [0.25, 0.3) is 0 Å². The fourth-order valence-corrected chi connectivity index (χ4v) is 2.07. The van der Waals surface area contributed by atoms with E-state index in [1.807, 2.05) is 41.2 Å². The fourth-order valence-electron chi connectivity index (χ4n) is 2.07. The van der Waals surface area contributed by atoms with Gasteiger partial charge in [0.15, 0.2) is 0 Å². The molecule has 0 aliphatic heterocycles. The molecule has 20 heavy (non-hydrogen) atoms. The molecule has 2 N–H and O–H groups in total. The quantitative estimate of drug-likeness (QED) is 0.838. The van der Waals surface area contributed by atoms with Crippen LogP contribution in [-0.2, 0) is 11.3 Å². The summed E-state index contributed by atoms with van der Waals surface area (Å²) in [5, 5.41) is 10.4. The number of carbonyl (C=O) groups excluding carboxylic acids is 1. The third-order valence-electron chi connectivity index (χ3n) is 3.31. The van der Waals surface area contributed by atoms with Crippen molar-refractivity contribution in [1.29, 1.82) is 0 Å². The molecule has 1 aliphatic rings. The molecule has 1 aromatic heterocycles. The predicted molar refractivity (Wildman–Crippen MR) is 77.4 cm³/mol. The number of rotatable bonds is 6. The van der Waals surface area contributed by atoms with Crippen LogP contribution in [-0.4, -0.2) is 28.3 Å². The molecule has 5 heteroatoms. The summed E-state index contributed by atoms with van der Waals surface area (Å²) in [7, 11) is 0. The van der Waals surface area contributed by atoms with E-state index in [2.05, 4.69) is 15.7 Å². The first-order chi connectivity index (χ1) is 9.81. The molecule has 1 heterocycles. The summed E-state index contributed by atoms with van der Waals surface area (Å²) in [6.07, 6.45) is 6.03. The normalized spacial score (nSPS) is 14.2. The average Bonchev–Trinajstić information content (AvgIpc) is 3.15. The van der Waals surface area contributed by atoms with Gasteiger partial charge in [0.05, 0.1) is 13.1 Å². The second-order valence-corrected chi connectivity index (χ2v) is 5.06. The van der Waals surface area contributed by atoms with Crippen LogP contribution in [0.5, 0.6) is 0 Å². The van der Waals surface area contributed by atoms with Gasteiger partial charge in [0, 0.05) is 24.1 Å². The Labute approximate surface area is 118 Å². The molecule has 2 aromatic rings. The standard InChI is InChI=1S/C15H18N4O/c20-15(10-16-13-6-7-13)18-14-5-2-1-4-12(14)11-19-9-3-8-17-19/h1-5,8-9,13,16H,6-7,10-11H2,(H,18,20). The zero-order valence-electron chi connectivity index (χ0n) is 11.2. The van der Waals surface area contributed by atoms with E-state index < -0.39 is 0 Å². The van der Waals surface area contributed by atoms with Crippen LogP contribution >= 0.6 is 0 Å². The minimum absolute atomic E-state index is 0.00446. The lowest BCUT2D eigenvalue weighted by Crippen LogP contribution is -2.29. The molecule has 3 rings (SSSR count). The van der Waals surface area contributed by atoms with E-state index in [0.717, 1.165) is 11.3 Å². The number of hydrogen-bond acceptors (Lipinski definition) is 3. The van der Waals surface area contributed by atoms with Crippen molar-refractivity contribution in [2.75, 3.05) is 11.9 Å². The maximum absolute atomic E-state index is 11.9. The van der Waals surface area contributed by atoms with Crippen molar-refractivity contribution in [2.24, 2.45) is 0 Å². The Hall–Kier alpha value is -2.14. The molecule has 0 saturated heterocycles. The number of para-hydroxylation sites is 1. The third-order valence-corrected chi connectivity index (χ3v) is 3.31. The van der Waals surface area contributed by atoms with E-state index in [0.29, 0.717) is 19.1 Å². The van der Waals surface area contributed by atoms with Gasteiger partial charge in [-0.15, -0.1) is 0 Å².